The molecule has 2 unspecified atom stereocenters. The van der Waals surface area contributed by atoms with E-state index in [9.17, 15) is 14.7 Å². The number of halogens is 1. The average Bonchev–Trinajstić information content (AvgIpc) is 3.13. The number of nitrogens with one attached hydrogen (secondary N) is 1. The van der Waals surface area contributed by atoms with Crippen LogP contribution in [0.25, 0.3) is 0 Å². The molecule has 1 heterocycles. The molecule has 1 aromatic carbocycles. The van der Waals surface area contributed by atoms with Gasteiger partial charge < -0.3 is 19.5 Å². The molecule has 0 aliphatic carbocycles. The van der Waals surface area contributed by atoms with Crippen LogP contribution in [0.3, 0.4) is 0 Å². The van der Waals surface area contributed by atoms with E-state index in [-0.39, 0.29) is 30.9 Å². The molecule has 1 aromatic rings. The minimum atomic E-state index is -0.924. The highest BCUT2D eigenvalue weighted by Gasteiger charge is 2.32. The van der Waals surface area contributed by atoms with Crippen molar-refractivity contribution in [3.05, 3.63) is 23.8 Å². The number of aliphatic carboxylic acids is 1. The van der Waals surface area contributed by atoms with E-state index in [0.29, 0.717) is 18.7 Å². The highest BCUT2D eigenvalue weighted by Crippen LogP contribution is 2.38. The van der Waals surface area contributed by atoms with Crippen LogP contribution in [0.15, 0.2) is 18.2 Å². The molecular weight excluding hydrogens is 372 g/mol. The second kappa shape index (κ2) is 11.0. The topological polar surface area (TPSA) is 88.1 Å². The van der Waals surface area contributed by atoms with Crippen molar-refractivity contribution < 1.29 is 24.2 Å². The average molecular weight is 401 g/mol. The molecule has 27 heavy (non-hydrogen) atoms. The maximum absolute atomic E-state index is 12.7. The van der Waals surface area contributed by atoms with Gasteiger partial charge in [-0.1, -0.05) is 13.3 Å². The summed E-state index contributed by atoms with van der Waals surface area (Å²) in [6.07, 6.45) is 2.97. The van der Waals surface area contributed by atoms with Crippen molar-refractivity contribution in [2.45, 2.75) is 44.7 Å². The van der Waals surface area contributed by atoms with Crippen LogP contribution in [0, 0.1) is 0 Å². The Morgan fingerprint density at radius 2 is 2.07 bits per heavy atom. The maximum atomic E-state index is 12.7. The van der Waals surface area contributed by atoms with Crippen molar-refractivity contribution in [2.75, 3.05) is 27.3 Å². The Labute approximate surface area is 166 Å². The van der Waals surface area contributed by atoms with Crippen molar-refractivity contribution >= 4 is 24.3 Å². The first-order chi connectivity index (χ1) is 12.5. The number of ether oxygens (including phenoxy) is 2. The third-order valence-corrected chi connectivity index (χ3v) is 4.74. The van der Waals surface area contributed by atoms with Crippen LogP contribution in [-0.4, -0.2) is 55.2 Å². The minimum Gasteiger partial charge on any atom is -0.497 e. The van der Waals surface area contributed by atoms with Gasteiger partial charge in [0.05, 0.1) is 26.8 Å². The van der Waals surface area contributed by atoms with Crippen molar-refractivity contribution in [1.82, 2.24) is 10.2 Å². The Bertz CT molecular complexity index is 641. The summed E-state index contributed by atoms with van der Waals surface area (Å²) >= 11 is 0. The fourth-order valence-corrected chi connectivity index (χ4v) is 3.40. The van der Waals surface area contributed by atoms with E-state index in [4.69, 9.17) is 9.47 Å². The zero-order valence-corrected chi connectivity index (χ0v) is 16.9. The number of benzene rings is 1. The first-order valence-electron chi connectivity index (χ1n) is 8.99. The van der Waals surface area contributed by atoms with Gasteiger partial charge >= 0.3 is 5.97 Å². The first kappa shape index (κ1) is 23.0. The number of hydrogen-bond donors (Lipinski definition) is 2. The summed E-state index contributed by atoms with van der Waals surface area (Å²) in [6.45, 7) is 2.59. The van der Waals surface area contributed by atoms with Crippen LogP contribution in [-0.2, 0) is 9.59 Å². The smallest absolute Gasteiger partial charge is 0.320 e. The Morgan fingerprint density at radius 1 is 1.33 bits per heavy atom. The molecule has 0 spiro atoms. The van der Waals surface area contributed by atoms with Gasteiger partial charge in [-0.05, 0) is 37.5 Å². The molecule has 0 radical (unpaired) electrons. The molecule has 0 saturated carbocycles. The van der Waals surface area contributed by atoms with E-state index in [1.807, 2.05) is 25.1 Å². The third-order valence-electron chi connectivity index (χ3n) is 4.74. The van der Waals surface area contributed by atoms with Gasteiger partial charge in [0.1, 0.15) is 17.5 Å². The van der Waals surface area contributed by atoms with Gasteiger partial charge in [0, 0.05) is 12.1 Å². The quantitative estimate of drug-likeness (QED) is 0.662. The molecule has 1 aliphatic heterocycles. The van der Waals surface area contributed by atoms with E-state index in [2.05, 4.69) is 5.32 Å². The van der Waals surface area contributed by atoms with E-state index in [1.165, 1.54) is 0 Å². The number of rotatable bonds is 9. The second-order valence-electron chi connectivity index (χ2n) is 6.41. The monoisotopic (exact) mass is 400 g/mol. The zero-order valence-electron chi connectivity index (χ0n) is 16.1. The van der Waals surface area contributed by atoms with E-state index >= 15 is 0 Å². The van der Waals surface area contributed by atoms with Gasteiger partial charge in [-0.2, -0.15) is 0 Å². The fraction of sp³-hybridized carbons (Fsp3) is 0.579. The summed E-state index contributed by atoms with van der Waals surface area (Å²) in [6, 6.07) is 4.78. The van der Waals surface area contributed by atoms with Crippen LogP contribution >= 0.6 is 12.4 Å². The fourth-order valence-electron chi connectivity index (χ4n) is 3.40. The summed E-state index contributed by atoms with van der Waals surface area (Å²) in [5.74, 6) is 0.414. The van der Waals surface area contributed by atoms with Crippen molar-refractivity contribution in [1.29, 1.82) is 0 Å². The van der Waals surface area contributed by atoms with Crippen molar-refractivity contribution in [3.63, 3.8) is 0 Å². The molecule has 8 heteroatoms. The highest BCUT2D eigenvalue weighted by molar-refractivity contribution is 5.85. The largest absolute Gasteiger partial charge is 0.497 e. The number of carboxylic acid groups (broad SMARTS) is 1. The summed E-state index contributed by atoms with van der Waals surface area (Å²) in [5.41, 5.74) is 0.918. The lowest BCUT2D eigenvalue weighted by Gasteiger charge is -2.27. The third kappa shape index (κ3) is 5.74. The second-order valence-corrected chi connectivity index (χ2v) is 6.41. The molecule has 2 N–H and O–H groups in total. The van der Waals surface area contributed by atoms with Crippen LogP contribution < -0.4 is 14.8 Å². The van der Waals surface area contributed by atoms with Crippen LogP contribution in [0.4, 0.5) is 0 Å². The molecular formula is C19H29ClN2O5. The van der Waals surface area contributed by atoms with Crippen LogP contribution in [0.1, 0.15) is 44.2 Å². The lowest BCUT2D eigenvalue weighted by atomic mass is 10.0. The summed E-state index contributed by atoms with van der Waals surface area (Å²) < 4.78 is 10.8. The SMILES string of the molecule is CCCC(NCC(=O)N1CCCC1c1cc(OC)ccc1OC)C(=O)O.Cl. The number of methoxy groups -OCH3 is 2. The van der Waals surface area contributed by atoms with E-state index in [1.54, 1.807) is 19.1 Å². The van der Waals surface area contributed by atoms with E-state index < -0.39 is 12.0 Å². The molecule has 1 aliphatic rings. The maximum Gasteiger partial charge on any atom is 0.320 e. The number of carbonyl (C=O) groups excluding carboxylic acids is 1. The van der Waals surface area contributed by atoms with Gasteiger partial charge in [0.15, 0.2) is 0 Å². The summed E-state index contributed by atoms with van der Waals surface area (Å²) in [4.78, 5) is 25.8. The van der Waals surface area contributed by atoms with Gasteiger partial charge in [-0.15, -0.1) is 12.4 Å². The van der Waals surface area contributed by atoms with Gasteiger partial charge in [0.2, 0.25) is 5.91 Å². The number of amides is 1. The predicted molar refractivity (Wildman–Crippen MR) is 105 cm³/mol. The number of likely N-dealkylation sites (tertiary alicyclic amines) is 1. The molecule has 152 valence electrons. The molecule has 0 bridgehead atoms. The van der Waals surface area contributed by atoms with Crippen LogP contribution in [0.5, 0.6) is 11.5 Å². The summed E-state index contributed by atoms with van der Waals surface area (Å²) in [7, 11) is 3.21. The number of carbonyl (C=O) groups is 2. The van der Waals surface area contributed by atoms with E-state index in [0.717, 1.165) is 30.6 Å². The number of carboxylic acids is 1. The number of nitrogens with zero attached hydrogens (tertiary/aromatic N) is 1. The first-order valence-corrected chi connectivity index (χ1v) is 8.99. The lowest BCUT2D eigenvalue weighted by Crippen LogP contribution is -2.44. The molecule has 7 nitrogen and oxygen atoms in total. The predicted octanol–water partition coefficient (Wildman–Crippen LogP) is 2.63. The molecule has 1 amide bonds. The number of hydrogen-bond acceptors (Lipinski definition) is 5. The summed E-state index contributed by atoms with van der Waals surface area (Å²) in [5, 5.41) is 12.1. The van der Waals surface area contributed by atoms with Gasteiger partial charge in [-0.25, -0.2) is 0 Å². The van der Waals surface area contributed by atoms with Gasteiger partial charge in [-0.3, -0.25) is 14.9 Å². The molecule has 2 atom stereocenters. The van der Waals surface area contributed by atoms with Crippen LogP contribution in [0.2, 0.25) is 0 Å². The molecule has 0 aromatic heterocycles. The zero-order chi connectivity index (χ0) is 19.1. The normalized spacial score (nSPS) is 17.1. The Morgan fingerprint density at radius 3 is 2.67 bits per heavy atom. The Balaban J connectivity index is 0.00000364. The van der Waals surface area contributed by atoms with Crippen molar-refractivity contribution in [3.8, 4) is 11.5 Å². The minimum absolute atomic E-state index is 0. The standard InChI is InChI=1S/C19H28N2O5.ClH/c1-4-6-15(19(23)24)20-12-18(22)21-10-5-7-16(21)14-11-13(25-2)8-9-17(14)26-3;/h8-9,11,15-16,20H,4-7,10,12H2,1-3H3,(H,23,24);1H. The molecule has 1 saturated heterocycles. The van der Waals surface area contributed by atoms with Crippen molar-refractivity contribution in [2.24, 2.45) is 0 Å². The molecule has 1 fully saturated rings. The van der Waals surface area contributed by atoms with Gasteiger partial charge in [0.25, 0.3) is 0 Å². The Hall–Kier alpha value is -1.99. The lowest BCUT2D eigenvalue weighted by molar-refractivity contribution is -0.140. The highest BCUT2D eigenvalue weighted by atomic mass is 35.5. The molecule has 2 rings (SSSR count). The Kier molecular flexibility index (Phi) is 9.38.